The number of carbonyl (C=O) groups excluding carboxylic acids is 1. The summed E-state index contributed by atoms with van der Waals surface area (Å²) < 4.78 is 16.0. The van der Waals surface area contributed by atoms with Gasteiger partial charge >= 0.3 is 0 Å². The molecule has 1 aromatic carbocycles. The molecule has 1 amide bonds. The fourth-order valence-electron chi connectivity index (χ4n) is 2.96. The molecule has 0 spiro atoms. The molecule has 1 fully saturated rings. The third kappa shape index (κ3) is 4.83. The van der Waals surface area contributed by atoms with E-state index >= 15 is 0 Å². The molecule has 1 aliphatic heterocycles. The van der Waals surface area contributed by atoms with Crippen LogP contribution in [0.15, 0.2) is 22.6 Å². The van der Waals surface area contributed by atoms with Gasteiger partial charge in [-0.25, -0.2) is 4.36 Å². The maximum absolute atomic E-state index is 12.7. The van der Waals surface area contributed by atoms with E-state index in [1.54, 1.807) is 12.5 Å². The van der Waals surface area contributed by atoms with Crippen LogP contribution in [0.5, 0.6) is 0 Å². The lowest BCUT2D eigenvalue weighted by atomic mass is 9.97. The van der Waals surface area contributed by atoms with E-state index in [4.69, 9.17) is 0 Å². The SMILES string of the molecule is Cc1cc(C)cc(C(=O)N2CCCC(CN=S(C)(C)=O)C2)c1. The van der Waals surface area contributed by atoms with Crippen molar-refractivity contribution >= 4 is 15.6 Å². The van der Waals surface area contributed by atoms with E-state index in [0.29, 0.717) is 19.0 Å². The number of benzene rings is 1. The van der Waals surface area contributed by atoms with Gasteiger partial charge in [-0.15, -0.1) is 0 Å². The fraction of sp³-hybridized carbons (Fsp3) is 0.588. The van der Waals surface area contributed by atoms with Gasteiger partial charge in [0.15, 0.2) is 0 Å². The van der Waals surface area contributed by atoms with Gasteiger partial charge in [-0.3, -0.25) is 9.00 Å². The summed E-state index contributed by atoms with van der Waals surface area (Å²) in [7, 11) is -2.05. The molecule has 1 aromatic rings. The van der Waals surface area contributed by atoms with Crippen LogP contribution in [0.25, 0.3) is 0 Å². The van der Waals surface area contributed by atoms with Crippen molar-refractivity contribution in [2.75, 3.05) is 32.1 Å². The molecule has 0 N–H and O–H groups in total. The van der Waals surface area contributed by atoms with Gasteiger partial charge < -0.3 is 4.90 Å². The van der Waals surface area contributed by atoms with Crippen LogP contribution in [0.4, 0.5) is 0 Å². The number of amides is 1. The second-order valence-corrected chi connectivity index (χ2v) is 9.25. The summed E-state index contributed by atoms with van der Waals surface area (Å²) in [4.78, 5) is 14.6. The van der Waals surface area contributed by atoms with Gasteiger partial charge in [-0.05, 0) is 44.7 Å². The van der Waals surface area contributed by atoms with Crippen LogP contribution < -0.4 is 0 Å². The molecule has 0 radical (unpaired) electrons. The van der Waals surface area contributed by atoms with Crippen molar-refractivity contribution in [3.63, 3.8) is 0 Å². The zero-order valence-electron chi connectivity index (χ0n) is 14.0. The lowest BCUT2D eigenvalue weighted by molar-refractivity contribution is 0.0678. The first-order chi connectivity index (χ1) is 10.2. The van der Waals surface area contributed by atoms with Crippen LogP contribution in [-0.4, -0.2) is 47.2 Å². The highest BCUT2D eigenvalue weighted by molar-refractivity contribution is 7.92. The second kappa shape index (κ2) is 6.82. The Balaban J connectivity index is 2.08. The van der Waals surface area contributed by atoms with Crippen LogP contribution in [0, 0.1) is 19.8 Å². The maximum atomic E-state index is 12.7. The number of piperidine rings is 1. The summed E-state index contributed by atoms with van der Waals surface area (Å²) in [5.74, 6) is 0.426. The molecular weight excluding hydrogens is 296 g/mol. The molecule has 1 unspecified atom stereocenters. The molecule has 4 nitrogen and oxygen atoms in total. The predicted octanol–water partition coefficient (Wildman–Crippen LogP) is 2.88. The molecule has 5 heteroatoms. The van der Waals surface area contributed by atoms with E-state index in [1.807, 2.05) is 30.9 Å². The number of rotatable bonds is 3. The van der Waals surface area contributed by atoms with Crippen molar-refractivity contribution in [2.45, 2.75) is 26.7 Å². The third-order valence-corrected chi connectivity index (χ3v) is 4.69. The lowest BCUT2D eigenvalue weighted by Gasteiger charge is -2.32. The smallest absolute Gasteiger partial charge is 0.253 e. The van der Waals surface area contributed by atoms with E-state index in [-0.39, 0.29) is 5.91 Å². The molecule has 2 rings (SSSR count). The van der Waals surface area contributed by atoms with Crippen molar-refractivity contribution in [3.8, 4) is 0 Å². The Morgan fingerprint density at radius 2 is 1.91 bits per heavy atom. The standard InChI is InChI=1S/C17H26N2O2S/c1-13-8-14(2)10-16(9-13)17(20)19-7-5-6-15(12-19)11-18-22(3,4)21/h8-10,15H,5-7,11-12H2,1-4H3. The van der Waals surface area contributed by atoms with Gasteiger partial charge in [-0.2, -0.15) is 0 Å². The Morgan fingerprint density at radius 3 is 2.50 bits per heavy atom. The average molecular weight is 322 g/mol. The van der Waals surface area contributed by atoms with Crippen LogP contribution in [0.3, 0.4) is 0 Å². The highest BCUT2D eigenvalue weighted by Gasteiger charge is 2.24. The van der Waals surface area contributed by atoms with E-state index in [2.05, 4.69) is 10.4 Å². The largest absolute Gasteiger partial charge is 0.338 e. The second-order valence-electron chi connectivity index (χ2n) is 6.63. The highest BCUT2D eigenvalue weighted by Crippen LogP contribution is 2.20. The Bertz CT molecular complexity index is 647. The first-order valence-electron chi connectivity index (χ1n) is 7.75. The summed E-state index contributed by atoms with van der Waals surface area (Å²) >= 11 is 0. The molecule has 122 valence electrons. The van der Waals surface area contributed by atoms with Crippen molar-refractivity contribution in [2.24, 2.45) is 10.3 Å². The van der Waals surface area contributed by atoms with Gasteiger partial charge in [-0.1, -0.05) is 17.2 Å². The summed E-state index contributed by atoms with van der Waals surface area (Å²) in [6.45, 7) is 6.13. The number of nitrogens with zero attached hydrogens (tertiary/aromatic N) is 2. The Hall–Kier alpha value is -1.36. The quantitative estimate of drug-likeness (QED) is 0.859. The summed E-state index contributed by atoms with van der Waals surface area (Å²) in [5.41, 5.74) is 3.00. The van der Waals surface area contributed by atoms with Crippen LogP contribution in [0.1, 0.15) is 34.3 Å². The normalized spacial score (nSPS) is 19.1. The molecular formula is C17H26N2O2S. The lowest BCUT2D eigenvalue weighted by Crippen LogP contribution is -2.40. The third-order valence-electron chi connectivity index (χ3n) is 3.92. The van der Waals surface area contributed by atoms with Crippen LogP contribution >= 0.6 is 0 Å². The van der Waals surface area contributed by atoms with Gasteiger partial charge in [0.05, 0.1) is 6.54 Å². The zero-order valence-corrected chi connectivity index (χ0v) is 14.8. The van der Waals surface area contributed by atoms with E-state index in [0.717, 1.165) is 36.1 Å². The predicted molar refractivity (Wildman–Crippen MR) is 91.8 cm³/mol. The zero-order chi connectivity index (χ0) is 16.3. The van der Waals surface area contributed by atoms with Gasteiger partial charge in [0.2, 0.25) is 0 Å². The molecule has 0 aromatic heterocycles. The van der Waals surface area contributed by atoms with Crippen molar-refractivity contribution in [3.05, 3.63) is 34.9 Å². The molecule has 0 bridgehead atoms. The minimum Gasteiger partial charge on any atom is -0.338 e. The van der Waals surface area contributed by atoms with Gasteiger partial charge in [0.1, 0.15) is 0 Å². The number of carbonyl (C=O) groups is 1. The minimum atomic E-state index is -2.05. The van der Waals surface area contributed by atoms with Gasteiger partial charge in [0.25, 0.3) is 5.91 Å². The van der Waals surface area contributed by atoms with Crippen LogP contribution in [0.2, 0.25) is 0 Å². The minimum absolute atomic E-state index is 0.102. The summed E-state index contributed by atoms with van der Waals surface area (Å²) in [5, 5.41) is 0. The summed E-state index contributed by atoms with van der Waals surface area (Å²) in [6, 6.07) is 5.98. The highest BCUT2D eigenvalue weighted by atomic mass is 32.2. The Labute approximate surface area is 134 Å². The summed E-state index contributed by atoms with van der Waals surface area (Å²) in [6.07, 6.45) is 5.36. The van der Waals surface area contributed by atoms with Crippen molar-refractivity contribution in [1.82, 2.24) is 4.90 Å². The number of likely N-dealkylation sites (tertiary alicyclic amines) is 1. The first-order valence-corrected chi connectivity index (χ1v) is 10.1. The van der Waals surface area contributed by atoms with E-state index in [9.17, 15) is 9.00 Å². The molecule has 1 atom stereocenters. The van der Waals surface area contributed by atoms with Gasteiger partial charge in [0, 0.05) is 40.9 Å². The van der Waals surface area contributed by atoms with E-state index < -0.39 is 9.73 Å². The molecule has 1 heterocycles. The Kier molecular flexibility index (Phi) is 5.27. The molecule has 0 aliphatic carbocycles. The first kappa shape index (κ1) is 17.0. The molecule has 1 aliphatic rings. The molecule has 1 saturated heterocycles. The average Bonchev–Trinajstić information content (AvgIpc) is 2.43. The number of aryl methyl sites for hydroxylation is 2. The van der Waals surface area contributed by atoms with E-state index in [1.165, 1.54) is 0 Å². The van der Waals surface area contributed by atoms with Crippen molar-refractivity contribution < 1.29 is 9.00 Å². The Morgan fingerprint density at radius 1 is 1.27 bits per heavy atom. The maximum Gasteiger partial charge on any atom is 0.253 e. The monoisotopic (exact) mass is 322 g/mol. The molecule has 0 saturated carbocycles. The van der Waals surface area contributed by atoms with Crippen molar-refractivity contribution in [1.29, 1.82) is 0 Å². The number of hydrogen-bond acceptors (Lipinski definition) is 3. The topological polar surface area (TPSA) is 49.7 Å². The van der Waals surface area contributed by atoms with Crippen LogP contribution in [-0.2, 0) is 9.73 Å². The fourth-order valence-corrected chi connectivity index (χ4v) is 3.53. The molecule has 22 heavy (non-hydrogen) atoms. The number of hydrogen-bond donors (Lipinski definition) is 0.